The van der Waals surface area contributed by atoms with Gasteiger partial charge in [0, 0.05) is 11.7 Å². The zero-order valence-corrected chi connectivity index (χ0v) is 17.2. The third kappa shape index (κ3) is 6.70. The minimum absolute atomic E-state index is 0.0884. The number of benzene rings is 1. The summed E-state index contributed by atoms with van der Waals surface area (Å²) in [5, 5.41) is 15.4. The molecular weight excluding hydrogens is 380 g/mol. The first kappa shape index (κ1) is 19.9. The smallest absolute Gasteiger partial charge is 0.230 e. The van der Waals surface area contributed by atoms with Crippen molar-refractivity contribution in [3.63, 3.8) is 0 Å². The molecule has 1 aliphatic rings. The molecule has 8 heteroatoms. The van der Waals surface area contributed by atoms with Crippen molar-refractivity contribution in [2.75, 3.05) is 18.2 Å². The van der Waals surface area contributed by atoms with E-state index in [-0.39, 0.29) is 5.91 Å². The Morgan fingerprint density at radius 3 is 2.56 bits per heavy atom. The quantitative estimate of drug-likeness (QED) is 0.654. The molecule has 0 saturated heterocycles. The van der Waals surface area contributed by atoms with Gasteiger partial charge in [0.15, 0.2) is 4.34 Å². The lowest BCUT2D eigenvalue weighted by Gasteiger charge is -2.20. The molecule has 0 bridgehead atoms. The molecule has 0 atom stereocenters. The molecule has 146 valence electrons. The molecule has 0 aliphatic heterocycles. The van der Waals surface area contributed by atoms with Gasteiger partial charge in [0.1, 0.15) is 5.75 Å². The number of hydrogen-bond donors (Lipinski definition) is 2. The maximum atomic E-state index is 12.2. The number of rotatable bonds is 7. The van der Waals surface area contributed by atoms with Gasteiger partial charge in [-0.1, -0.05) is 55.2 Å². The summed E-state index contributed by atoms with van der Waals surface area (Å²) < 4.78 is 5.94. The second-order valence-electron chi connectivity index (χ2n) is 6.62. The highest BCUT2D eigenvalue weighted by molar-refractivity contribution is 8.01. The molecule has 1 amide bonds. The second-order valence-corrected chi connectivity index (χ2v) is 8.82. The normalized spacial score (nSPS) is 15.6. The average Bonchev–Trinajstić information content (AvgIpc) is 3.10. The van der Waals surface area contributed by atoms with E-state index in [4.69, 9.17) is 4.74 Å². The van der Waals surface area contributed by atoms with E-state index in [0.29, 0.717) is 16.9 Å². The fraction of sp³-hybridized carbons (Fsp3) is 0.526. The van der Waals surface area contributed by atoms with Gasteiger partial charge >= 0.3 is 0 Å². The highest BCUT2D eigenvalue weighted by Gasteiger charge is 2.15. The van der Waals surface area contributed by atoms with Crippen LogP contribution in [0, 0.1) is 0 Å². The van der Waals surface area contributed by atoms with Crippen LogP contribution in [0.4, 0.5) is 10.8 Å². The highest BCUT2D eigenvalue weighted by atomic mass is 32.2. The minimum atomic E-state index is 0.0884. The lowest BCUT2D eigenvalue weighted by Crippen LogP contribution is -2.36. The molecule has 1 saturated carbocycles. The van der Waals surface area contributed by atoms with Crippen LogP contribution in [-0.4, -0.2) is 35.0 Å². The van der Waals surface area contributed by atoms with E-state index < -0.39 is 0 Å². The zero-order valence-electron chi connectivity index (χ0n) is 15.6. The van der Waals surface area contributed by atoms with Crippen molar-refractivity contribution in [3.05, 3.63) is 24.3 Å². The van der Waals surface area contributed by atoms with Gasteiger partial charge in [0.25, 0.3) is 0 Å². The van der Waals surface area contributed by atoms with E-state index in [1.807, 2.05) is 24.3 Å². The van der Waals surface area contributed by atoms with Gasteiger partial charge in [-0.3, -0.25) is 4.79 Å². The summed E-state index contributed by atoms with van der Waals surface area (Å²) in [4.78, 5) is 12.2. The monoisotopic (exact) mass is 406 g/mol. The van der Waals surface area contributed by atoms with Crippen LogP contribution in [-0.2, 0) is 4.79 Å². The van der Waals surface area contributed by atoms with E-state index in [2.05, 4.69) is 20.8 Å². The summed E-state index contributed by atoms with van der Waals surface area (Å²) in [6.45, 7) is 0. The minimum Gasteiger partial charge on any atom is -0.497 e. The Morgan fingerprint density at radius 1 is 1.15 bits per heavy atom. The van der Waals surface area contributed by atoms with E-state index in [9.17, 15) is 4.79 Å². The number of ether oxygens (including phenoxy) is 1. The standard InChI is InChI=1S/C19H26N4O2S2/c1-25-16-11-9-15(10-12-16)21-18-22-23-19(27-18)26-13-17(24)20-14-7-5-3-2-4-6-8-14/h9-12,14H,2-8,13H2,1H3,(H,20,24)(H,21,22). The summed E-state index contributed by atoms with van der Waals surface area (Å²) in [7, 11) is 1.64. The van der Waals surface area contributed by atoms with Gasteiger partial charge in [-0.2, -0.15) is 0 Å². The van der Waals surface area contributed by atoms with E-state index in [1.54, 1.807) is 7.11 Å². The van der Waals surface area contributed by atoms with E-state index in [1.165, 1.54) is 55.2 Å². The number of nitrogens with zero attached hydrogens (tertiary/aromatic N) is 2. The summed E-state index contributed by atoms with van der Waals surface area (Å²) in [6.07, 6.45) is 8.55. The van der Waals surface area contributed by atoms with Crippen LogP contribution in [0.15, 0.2) is 28.6 Å². The second kappa shape index (κ2) is 10.5. The van der Waals surface area contributed by atoms with Crippen molar-refractivity contribution < 1.29 is 9.53 Å². The third-order valence-electron chi connectivity index (χ3n) is 4.54. The molecule has 1 aliphatic carbocycles. The SMILES string of the molecule is COc1ccc(Nc2nnc(SCC(=O)NC3CCCCCCC3)s2)cc1. The highest BCUT2D eigenvalue weighted by Crippen LogP contribution is 2.28. The molecule has 27 heavy (non-hydrogen) atoms. The van der Waals surface area contributed by atoms with Crippen LogP contribution in [0.2, 0.25) is 0 Å². The number of methoxy groups -OCH3 is 1. The number of carbonyl (C=O) groups excluding carboxylic acids is 1. The third-order valence-corrected chi connectivity index (χ3v) is 6.52. The number of anilines is 2. The number of hydrogen-bond acceptors (Lipinski definition) is 7. The first-order chi connectivity index (χ1) is 13.2. The van der Waals surface area contributed by atoms with E-state index >= 15 is 0 Å². The molecular formula is C19H26N4O2S2. The lowest BCUT2D eigenvalue weighted by molar-refractivity contribution is -0.119. The molecule has 1 fully saturated rings. The lowest BCUT2D eigenvalue weighted by atomic mass is 9.97. The van der Waals surface area contributed by atoms with Crippen molar-refractivity contribution in [1.82, 2.24) is 15.5 Å². The molecule has 0 spiro atoms. The maximum absolute atomic E-state index is 12.2. The molecule has 1 heterocycles. The van der Waals surface area contributed by atoms with Crippen LogP contribution in [0.1, 0.15) is 44.9 Å². The van der Waals surface area contributed by atoms with Crippen LogP contribution >= 0.6 is 23.1 Å². The Bertz CT molecular complexity index is 713. The Balaban J connectivity index is 1.43. The van der Waals surface area contributed by atoms with Gasteiger partial charge < -0.3 is 15.4 Å². The van der Waals surface area contributed by atoms with Crippen LogP contribution in [0.25, 0.3) is 0 Å². The van der Waals surface area contributed by atoms with Crippen molar-refractivity contribution in [2.24, 2.45) is 0 Å². The molecule has 2 N–H and O–H groups in total. The Kier molecular flexibility index (Phi) is 7.77. The topological polar surface area (TPSA) is 76.1 Å². The molecule has 1 aromatic heterocycles. The van der Waals surface area contributed by atoms with Gasteiger partial charge in [-0.05, 0) is 37.1 Å². The molecule has 3 rings (SSSR count). The Labute approximate surface area is 168 Å². The number of nitrogens with one attached hydrogen (secondary N) is 2. The largest absolute Gasteiger partial charge is 0.497 e. The van der Waals surface area contributed by atoms with E-state index in [0.717, 1.165) is 28.6 Å². The molecule has 6 nitrogen and oxygen atoms in total. The van der Waals surface area contributed by atoms with Crippen LogP contribution in [0.5, 0.6) is 5.75 Å². The number of amides is 1. The first-order valence-electron chi connectivity index (χ1n) is 9.39. The molecule has 1 aromatic carbocycles. The average molecular weight is 407 g/mol. The molecule has 0 radical (unpaired) electrons. The van der Waals surface area contributed by atoms with Crippen LogP contribution in [0.3, 0.4) is 0 Å². The van der Waals surface area contributed by atoms with Crippen molar-refractivity contribution in [3.8, 4) is 5.75 Å². The fourth-order valence-corrected chi connectivity index (χ4v) is 4.70. The van der Waals surface area contributed by atoms with Gasteiger partial charge in [-0.15, -0.1) is 10.2 Å². The predicted molar refractivity (Wildman–Crippen MR) is 111 cm³/mol. The zero-order chi connectivity index (χ0) is 18.9. The maximum Gasteiger partial charge on any atom is 0.230 e. The Morgan fingerprint density at radius 2 is 1.85 bits per heavy atom. The Hall–Kier alpha value is -1.80. The first-order valence-corrected chi connectivity index (χ1v) is 11.2. The van der Waals surface area contributed by atoms with Crippen molar-refractivity contribution in [1.29, 1.82) is 0 Å². The summed E-state index contributed by atoms with van der Waals surface area (Å²) >= 11 is 2.89. The summed E-state index contributed by atoms with van der Waals surface area (Å²) in [5.41, 5.74) is 0.922. The molecule has 2 aromatic rings. The number of carbonyl (C=O) groups is 1. The number of aromatic nitrogens is 2. The van der Waals surface area contributed by atoms with Crippen molar-refractivity contribution in [2.45, 2.75) is 55.3 Å². The number of thioether (sulfide) groups is 1. The predicted octanol–water partition coefficient (Wildman–Crippen LogP) is 4.61. The fourth-order valence-electron chi connectivity index (χ4n) is 3.11. The van der Waals surface area contributed by atoms with Gasteiger partial charge in [0.2, 0.25) is 11.0 Å². The van der Waals surface area contributed by atoms with Gasteiger partial charge in [-0.25, -0.2) is 0 Å². The van der Waals surface area contributed by atoms with Gasteiger partial charge in [0.05, 0.1) is 12.9 Å². The van der Waals surface area contributed by atoms with Crippen molar-refractivity contribution >= 4 is 39.8 Å². The summed E-state index contributed by atoms with van der Waals surface area (Å²) in [6, 6.07) is 7.96. The summed E-state index contributed by atoms with van der Waals surface area (Å²) in [5.74, 6) is 1.28. The van der Waals surface area contributed by atoms with Crippen LogP contribution < -0.4 is 15.4 Å². The molecule has 0 unspecified atom stereocenters.